The Morgan fingerprint density at radius 3 is 2.48 bits per heavy atom. The fourth-order valence-corrected chi connectivity index (χ4v) is 2.61. The third-order valence-corrected chi connectivity index (χ3v) is 4.37. The van der Waals surface area contributed by atoms with Crippen LogP contribution in [-0.4, -0.2) is 16.1 Å². The number of nitriles is 1. The summed E-state index contributed by atoms with van der Waals surface area (Å²) in [4.78, 5) is 7.80. The van der Waals surface area contributed by atoms with Gasteiger partial charge in [0.15, 0.2) is 0 Å². The van der Waals surface area contributed by atoms with Crippen LogP contribution >= 0.6 is 0 Å². The van der Waals surface area contributed by atoms with E-state index >= 15 is 0 Å². The summed E-state index contributed by atoms with van der Waals surface area (Å²) in [6, 6.07) is 15.0. The summed E-state index contributed by atoms with van der Waals surface area (Å²) in [5, 5.41) is 14.5. The van der Waals surface area contributed by atoms with E-state index in [2.05, 4.69) is 20.6 Å². The van der Waals surface area contributed by atoms with E-state index in [1.165, 1.54) is 6.07 Å². The molecule has 1 aromatic heterocycles. The summed E-state index contributed by atoms with van der Waals surface area (Å²) in [6.07, 6.45) is -2.99. The molecule has 2 N–H and O–H groups in total. The van der Waals surface area contributed by atoms with Crippen LogP contribution in [-0.2, 0) is 6.18 Å². The lowest BCUT2D eigenvalue weighted by Crippen LogP contribution is -2.12. The van der Waals surface area contributed by atoms with Crippen LogP contribution in [0.3, 0.4) is 0 Å². The van der Waals surface area contributed by atoms with E-state index in [1.807, 2.05) is 19.9 Å². The molecule has 0 radical (unpaired) electrons. The van der Waals surface area contributed by atoms with Crippen LogP contribution < -0.4 is 15.4 Å². The van der Waals surface area contributed by atoms with Gasteiger partial charge in [0.05, 0.1) is 17.7 Å². The smallest absolute Gasteiger partial charge is 0.421 e. The van der Waals surface area contributed by atoms with Crippen molar-refractivity contribution in [1.29, 1.82) is 5.26 Å². The van der Waals surface area contributed by atoms with Gasteiger partial charge in [-0.2, -0.15) is 23.4 Å². The van der Waals surface area contributed by atoms with Gasteiger partial charge in [0.25, 0.3) is 0 Å². The lowest BCUT2D eigenvalue weighted by Gasteiger charge is -2.15. The lowest BCUT2D eigenvalue weighted by molar-refractivity contribution is -0.137. The van der Waals surface area contributed by atoms with Gasteiger partial charge in [-0.15, -0.1) is 0 Å². The number of alkyl halides is 3. The van der Waals surface area contributed by atoms with E-state index < -0.39 is 17.6 Å². The quantitative estimate of drug-likeness (QED) is 0.479. The maximum absolute atomic E-state index is 13.4. The van der Waals surface area contributed by atoms with Crippen molar-refractivity contribution in [2.45, 2.75) is 32.5 Å². The predicted molar refractivity (Wildman–Crippen MR) is 112 cm³/mol. The molecule has 3 aromatic rings. The maximum atomic E-state index is 13.4. The van der Waals surface area contributed by atoms with Gasteiger partial charge < -0.3 is 15.4 Å². The van der Waals surface area contributed by atoms with Gasteiger partial charge in [-0.1, -0.05) is 13.0 Å². The van der Waals surface area contributed by atoms with Gasteiger partial charge in [-0.3, -0.25) is 0 Å². The SMILES string of the molecule is CCC(C)Oc1ccc(Nc2ncc(C(F)(F)F)c(Nc3cccc(C#N)c3)n2)cc1. The minimum absolute atomic E-state index is 0.0115. The zero-order chi connectivity index (χ0) is 22.4. The van der Waals surface area contributed by atoms with Crippen molar-refractivity contribution in [3.63, 3.8) is 0 Å². The number of nitrogens with one attached hydrogen (secondary N) is 2. The molecular formula is C22H20F3N5O. The van der Waals surface area contributed by atoms with Crippen molar-refractivity contribution in [2.75, 3.05) is 10.6 Å². The Morgan fingerprint density at radius 2 is 1.84 bits per heavy atom. The average molecular weight is 427 g/mol. The minimum Gasteiger partial charge on any atom is -0.491 e. The molecule has 0 saturated heterocycles. The van der Waals surface area contributed by atoms with Crippen LogP contribution in [0.5, 0.6) is 5.75 Å². The van der Waals surface area contributed by atoms with E-state index in [9.17, 15) is 13.2 Å². The van der Waals surface area contributed by atoms with Gasteiger partial charge in [0.2, 0.25) is 5.95 Å². The van der Waals surface area contributed by atoms with Crippen LogP contribution in [0.15, 0.2) is 54.7 Å². The van der Waals surface area contributed by atoms with Crippen molar-refractivity contribution in [3.05, 3.63) is 65.9 Å². The highest BCUT2D eigenvalue weighted by Gasteiger charge is 2.35. The lowest BCUT2D eigenvalue weighted by atomic mass is 10.2. The summed E-state index contributed by atoms with van der Waals surface area (Å²) in [7, 11) is 0. The predicted octanol–water partition coefficient (Wildman–Crippen LogP) is 6.03. The van der Waals surface area contributed by atoms with Crippen molar-refractivity contribution < 1.29 is 17.9 Å². The Kier molecular flexibility index (Phi) is 6.60. The number of anilines is 4. The molecule has 9 heteroatoms. The van der Waals surface area contributed by atoms with E-state index in [4.69, 9.17) is 10.00 Å². The second-order valence-electron chi connectivity index (χ2n) is 6.76. The Hall–Kier alpha value is -3.80. The fourth-order valence-electron chi connectivity index (χ4n) is 2.61. The number of halogens is 3. The molecule has 0 amide bonds. The first-order valence-corrected chi connectivity index (χ1v) is 9.53. The molecule has 6 nitrogen and oxygen atoms in total. The van der Waals surface area contributed by atoms with E-state index in [0.29, 0.717) is 28.9 Å². The second-order valence-corrected chi connectivity index (χ2v) is 6.76. The third kappa shape index (κ3) is 5.85. The van der Waals surface area contributed by atoms with E-state index in [1.54, 1.807) is 42.5 Å². The number of benzene rings is 2. The summed E-state index contributed by atoms with van der Waals surface area (Å²) < 4.78 is 46.0. The summed E-state index contributed by atoms with van der Waals surface area (Å²) in [5.41, 5.74) is 0.192. The van der Waals surface area contributed by atoms with Crippen molar-refractivity contribution in [1.82, 2.24) is 9.97 Å². The molecule has 1 atom stereocenters. The van der Waals surface area contributed by atoms with Gasteiger partial charge in [0.1, 0.15) is 17.1 Å². The minimum atomic E-state index is -4.65. The average Bonchev–Trinajstić information content (AvgIpc) is 2.74. The highest BCUT2D eigenvalue weighted by Crippen LogP contribution is 2.35. The van der Waals surface area contributed by atoms with Gasteiger partial charge in [0, 0.05) is 17.6 Å². The van der Waals surface area contributed by atoms with Crippen LogP contribution in [0.25, 0.3) is 0 Å². The Balaban J connectivity index is 1.85. The number of aromatic nitrogens is 2. The number of nitrogens with zero attached hydrogens (tertiary/aromatic N) is 3. The standard InChI is InChI=1S/C22H20F3N5O/c1-3-14(2)31-18-9-7-16(8-10-18)29-21-27-13-19(22(23,24)25)20(30-21)28-17-6-4-5-15(11-17)12-26/h4-11,13-14H,3H2,1-2H3,(H2,27,28,29,30). The first-order valence-electron chi connectivity index (χ1n) is 9.53. The normalized spacial score (nSPS) is 12.0. The zero-order valence-corrected chi connectivity index (χ0v) is 16.9. The molecule has 0 saturated carbocycles. The van der Waals surface area contributed by atoms with Crippen molar-refractivity contribution in [2.24, 2.45) is 0 Å². The monoisotopic (exact) mass is 427 g/mol. The Labute approximate surface area is 177 Å². The second kappa shape index (κ2) is 9.34. The highest BCUT2D eigenvalue weighted by atomic mass is 19.4. The summed E-state index contributed by atoms with van der Waals surface area (Å²) in [6.45, 7) is 3.98. The molecule has 3 rings (SSSR count). The molecule has 1 unspecified atom stereocenters. The molecule has 0 fully saturated rings. The van der Waals surface area contributed by atoms with Gasteiger partial charge >= 0.3 is 6.18 Å². The molecule has 160 valence electrons. The molecule has 0 aliphatic heterocycles. The zero-order valence-electron chi connectivity index (χ0n) is 16.9. The Bertz CT molecular complexity index is 1080. The molecule has 0 bridgehead atoms. The maximum Gasteiger partial charge on any atom is 0.421 e. The highest BCUT2D eigenvalue weighted by molar-refractivity contribution is 5.64. The largest absolute Gasteiger partial charge is 0.491 e. The molecule has 31 heavy (non-hydrogen) atoms. The summed E-state index contributed by atoms with van der Waals surface area (Å²) >= 11 is 0. The third-order valence-electron chi connectivity index (χ3n) is 4.37. The number of ether oxygens (including phenoxy) is 1. The van der Waals surface area contributed by atoms with Crippen LogP contribution in [0, 0.1) is 11.3 Å². The van der Waals surface area contributed by atoms with Crippen LogP contribution in [0.1, 0.15) is 31.4 Å². The molecule has 1 heterocycles. The summed E-state index contributed by atoms with van der Waals surface area (Å²) in [5.74, 6) is 0.257. The molecular weight excluding hydrogens is 407 g/mol. The van der Waals surface area contributed by atoms with Crippen molar-refractivity contribution >= 4 is 23.1 Å². The molecule has 2 aromatic carbocycles. The van der Waals surface area contributed by atoms with E-state index in [0.717, 1.165) is 6.42 Å². The Morgan fingerprint density at radius 1 is 1.10 bits per heavy atom. The first-order chi connectivity index (χ1) is 14.8. The van der Waals surface area contributed by atoms with Gasteiger partial charge in [-0.05, 0) is 55.8 Å². The van der Waals surface area contributed by atoms with Crippen LogP contribution in [0.2, 0.25) is 0 Å². The number of rotatable bonds is 7. The van der Waals surface area contributed by atoms with Crippen LogP contribution in [0.4, 0.5) is 36.3 Å². The number of hydrogen-bond donors (Lipinski definition) is 2. The van der Waals surface area contributed by atoms with E-state index in [-0.39, 0.29) is 12.1 Å². The van der Waals surface area contributed by atoms with Gasteiger partial charge in [-0.25, -0.2) is 4.98 Å². The molecule has 0 aliphatic carbocycles. The molecule has 0 spiro atoms. The number of hydrogen-bond acceptors (Lipinski definition) is 6. The molecule has 0 aliphatic rings. The van der Waals surface area contributed by atoms with Crippen molar-refractivity contribution in [3.8, 4) is 11.8 Å². The fraction of sp³-hybridized carbons (Fsp3) is 0.227. The topological polar surface area (TPSA) is 82.9 Å². The first kappa shape index (κ1) is 21.9.